The van der Waals surface area contributed by atoms with Crippen molar-refractivity contribution < 1.29 is 134 Å². The van der Waals surface area contributed by atoms with Crippen molar-refractivity contribution in [3.05, 3.63) is 7.43 Å². The molecule has 0 rings (SSSR count). The minimum Gasteiger partial charge on any atom is -0.358 e. The van der Waals surface area contributed by atoms with Crippen LogP contribution in [0.3, 0.4) is 0 Å². The van der Waals surface area contributed by atoms with E-state index in [1.54, 1.807) is 0 Å². The third-order valence-electron chi connectivity index (χ3n) is 10.7. The van der Waals surface area contributed by atoms with Gasteiger partial charge in [-0.25, -0.2) is 0 Å². The molecule has 0 aliphatic rings. The van der Waals surface area contributed by atoms with E-state index in [0.717, 1.165) is 102 Å². The zero-order chi connectivity index (χ0) is 49.9. The number of hydrogen-bond donors (Lipinski definition) is 0. The van der Waals surface area contributed by atoms with Gasteiger partial charge in [-0.15, -0.1) is 0 Å². The topological polar surface area (TPSA) is 0 Å². The van der Waals surface area contributed by atoms with Gasteiger partial charge in [0.2, 0.25) is 0 Å². The van der Waals surface area contributed by atoms with Crippen molar-refractivity contribution in [3.8, 4) is 0 Å². The summed E-state index contributed by atoms with van der Waals surface area (Å²) >= 11 is 0. The molecule has 0 aliphatic heterocycles. The quantitative estimate of drug-likeness (QED) is 0.0729. The molecule has 0 aliphatic carbocycles. The molecule has 0 nitrogen and oxygen atoms in total. The van der Waals surface area contributed by atoms with Crippen molar-refractivity contribution in [2.24, 2.45) is 0 Å². The van der Waals surface area contributed by atoms with Crippen molar-refractivity contribution in [1.29, 1.82) is 0 Å². The SMILES string of the molecule is CC(C)P(C(C)C)C(C)C.CC(C)P(C(C)C)C(C)C.CC(C)P(C(C)C)C(C)C.CC(C)P(C(C)C)C(C)C.CC(C)P(C(C)C)C(C)C.CC(C)P(C(C)C)C(C)C.[Au+].[Au+].[Au+].[Au].[Au].[Au].[CH3-]. The number of rotatable bonds is 18. The Morgan fingerprint density at radius 3 is 0.164 bits per heavy atom. The molecule has 0 aromatic carbocycles. The fraction of sp³-hybridized carbons (Fsp3) is 0.982. The van der Waals surface area contributed by atoms with Crippen molar-refractivity contribution in [3.63, 3.8) is 0 Å². The summed E-state index contributed by atoms with van der Waals surface area (Å²) < 4.78 is 0. The first-order valence-corrected chi connectivity index (χ1v) is 34.7. The predicted octanol–water partition coefficient (Wildman–Crippen LogP) is 22.6. The van der Waals surface area contributed by atoms with E-state index in [2.05, 4.69) is 249 Å². The Bertz CT molecular complexity index is 610. The first-order chi connectivity index (χ1) is 26.8. The summed E-state index contributed by atoms with van der Waals surface area (Å²) in [6.45, 7) is 84.7. The first-order valence-electron chi connectivity index (χ1n) is 25.4. The summed E-state index contributed by atoms with van der Waals surface area (Å²) in [7, 11) is 1.57. The smallest absolute Gasteiger partial charge is 0.358 e. The van der Waals surface area contributed by atoms with Gasteiger partial charge in [-0.05, 0) is 102 Å². The van der Waals surface area contributed by atoms with Gasteiger partial charge in [0, 0.05) is 67.1 Å². The molecule has 0 bridgehead atoms. The molecule has 0 aromatic rings. The zero-order valence-corrected chi connectivity index (χ0v) is 70.3. The van der Waals surface area contributed by atoms with Crippen LogP contribution in [0, 0.1) is 7.43 Å². The average molecular weight is 2160 g/mol. The van der Waals surface area contributed by atoms with E-state index in [-0.39, 0.29) is 189 Å². The molecule has 0 atom stereocenters. The molecule has 67 heavy (non-hydrogen) atoms. The van der Waals surface area contributed by atoms with Crippen molar-refractivity contribution >= 4 is 47.5 Å². The zero-order valence-electron chi connectivity index (χ0n) is 51.9. The maximum Gasteiger partial charge on any atom is 1.00 e. The van der Waals surface area contributed by atoms with Crippen LogP contribution in [0.5, 0.6) is 0 Å². The van der Waals surface area contributed by atoms with Gasteiger partial charge in [0.25, 0.3) is 0 Å². The molecule has 0 amide bonds. The summed E-state index contributed by atoms with van der Waals surface area (Å²) in [6.07, 6.45) is 0. The molecule has 0 heterocycles. The van der Waals surface area contributed by atoms with Crippen LogP contribution in [0.4, 0.5) is 0 Å². The van der Waals surface area contributed by atoms with Gasteiger partial charge in [-0.1, -0.05) is 297 Å². The second-order valence-corrected chi connectivity index (χ2v) is 46.3. The molecule has 12 heteroatoms. The molecule has 0 saturated heterocycles. The van der Waals surface area contributed by atoms with E-state index in [0.29, 0.717) is 0 Å². The van der Waals surface area contributed by atoms with E-state index >= 15 is 0 Å². The van der Waals surface area contributed by atoms with E-state index in [4.69, 9.17) is 0 Å². The Labute approximate surface area is 533 Å². The van der Waals surface area contributed by atoms with Crippen molar-refractivity contribution in [2.75, 3.05) is 0 Å². The fourth-order valence-corrected chi connectivity index (χ4v) is 32.2. The standard InChI is InChI=1S/6C9H21P.CH3.6Au/c6*1-7(2)10(8(3)4)9(5)6;;;;;;;/h6*7-9H,1-6H3;1H3;;;;;;/q;;;;;;-1;;;;3*+1. The maximum absolute atomic E-state index is 2.35. The third-order valence-corrected chi connectivity index (χ3v) is 32.2. The molecule has 0 saturated carbocycles. The van der Waals surface area contributed by atoms with Crippen LogP contribution in [0.2, 0.25) is 0 Å². The molecule has 0 unspecified atom stereocenters. The normalized spacial score (nSPS) is 11.3. The van der Waals surface area contributed by atoms with Gasteiger partial charge in [0.1, 0.15) is 0 Å². The minimum atomic E-state index is 0. The second kappa shape index (κ2) is 60.7. The Morgan fingerprint density at radius 2 is 0.164 bits per heavy atom. The maximum atomic E-state index is 2.35. The van der Waals surface area contributed by atoms with Gasteiger partial charge < -0.3 is 7.43 Å². The fourth-order valence-electron chi connectivity index (χ4n) is 10.7. The summed E-state index contributed by atoms with van der Waals surface area (Å²) in [5.41, 5.74) is 16.2. The molecule has 443 valence electrons. The monoisotopic (exact) mass is 2160 g/mol. The van der Waals surface area contributed by atoms with E-state index in [1.807, 2.05) is 0 Å². The van der Waals surface area contributed by atoms with E-state index in [9.17, 15) is 0 Å². The molecule has 0 N–H and O–H groups in total. The van der Waals surface area contributed by atoms with Crippen molar-refractivity contribution in [1.82, 2.24) is 0 Å². The minimum absolute atomic E-state index is 0. The van der Waals surface area contributed by atoms with Crippen LogP contribution in [-0.2, 0) is 134 Å². The van der Waals surface area contributed by atoms with Gasteiger partial charge in [0.15, 0.2) is 0 Å². The molecule has 0 spiro atoms. The van der Waals surface area contributed by atoms with Crippen LogP contribution in [0.15, 0.2) is 0 Å². The van der Waals surface area contributed by atoms with Gasteiger partial charge in [-0.3, -0.25) is 0 Å². The number of hydrogen-bond acceptors (Lipinski definition) is 0. The Hall–Kier alpha value is 7.02. The van der Waals surface area contributed by atoms with E-state index < -0.39 is 0 Å². The summed E-state index contributed by atoms with van der Waals surface area (Å²) in [5, 5.41) is 0. The molecular formula is C55H129Au6P6+2. The predicted molar refractivity (Wildman–Crippen MR) is 320 cm³/mol. The molecule has 3 radical (unpaired) electrons. The van der Waals surface area contributed by atoms with E-state index in [1.165, 1.54) is 0 Å². The average Bonchev–Trinajstić information content (AvgIpc) is 2.94. The van der Waals surface area contributed by atoms with Crippen LogP contribution in [-0.4, -0.2) is 102 Å². The van der Waals surface area contributed by atoms with Crippen LogP contribution >= 0.6 is 47.5 Å². The van der Waals surface area contributed by atoms with Gasteiger partial charge in [0.05, 0.1) is 0 Å². The molecule has 0 fully saturated rings. The van der Waals surface area contributed by atoms with Crippen LogP contribution < -0.4 is 0 Å². The summed E-state index contributed by atoms with van der Waals surface area (Å²) in [6, 6.07) is 0. The van der Waals surface area contributed by atoms with Gasteiger partial charge in [-0.2, -0.15) is 0 Å². The van der Waals surface area contributed by atoms with Gasteiger partial charge >= 0.3 is 67.1 Å². The largest absolute Gasteiger partial charge is 1.00 e. The summed E-state index contributed by atoms with van der Waals surface area (Å²) in [4.78, 5) is 0. The Morgan fingerprint density at radius 1 is 0.134 bits per heavy atom. The van der Waals surface area contributed by atoms with Crippen molar-refractivity contribution in [2.45, 2.75) is 351 Å². The Balaban J connectivity index is -0.0000000465. The van der Waals surface area contributed by atoms with Crippen LogP contribution in [0.25, 0.3) is 0 Å². The third kappa shape index (κ3) is 59.0. The summed E-state index contributed by atoms with van der Waals surface area (Å²) in [5.74, 6) is 0. The van der Waals surface area contributed by atoms with Crippen LogP contribution in [0.1, 0.15) is 249 Å². The first kappa shape index (κ1) is 106. The Kier molecular flexibility index (Phi) is 96.0. The second-order valence-electron chi connectivity index (χ2n) is 22.4. The molecule has 0 aromatic heterocycles. The molecular weight excluding hydrogens is 2030 g/mol.